The van der Waals surface area contributed by atoms with Crippen LogP contribution in [0.15, 0.2) is 24.3 Å². The highest BCUT2D eigenvalue weighted by atomic mass is 19.1. The fraction of sp³-hybridized carbons (Fsp3) is 0.667. The highest BCUT2D eigenvalue weighted by Crippen LogP contribution is 2.41. The summed E-state index contributed by atoms with van der Waals surface area (Å²) in [5.41, 5.74) is 7.18. The van der Waals surface area contributed by atoms with Crippen LogP contribution in [0.1, 0.15) is 44.1 Å². The fourth-order valence-electron chi connectivity index (χ4n) is 5.32. The van der Waals surface area contributed by atoms with E-state index in [9.17, 15) is 9.18 Å². The number of nitrogens with zero attached hydrogens (tertiary/aromatic N) is 1. The van der Waals surface area contributed by atoms with E-state index in [0.717, 1.165) is 57.2 Å². The molecule has 6 heteroatoms. The number of halogens is 1. The molecule has 1 aliphatic carbocycles. The van der Waals surface area contributed by atoms with Crippen molar-refractivity contribution >= 4 is 5.91 Å². The Kier molecular flexibility index (Phi) is 5.23. The molecule has 2 saturated heterocycles. The van der Waals surface area contributed by atoms with Crippen LogP contribution in [-0.2, 0) is 14.9 Å². The Morgan fingerprint density at radius 3 is 2.67 bits per heavy atom. The van der Waals surface area contributed by atoms with Gasteiger partial charge in [-0.3, -0.25) is 9.69 Å². The molecule has 0 aromatic heterocycles. The Morgan fingerprint density at radius 1 is 1.26 bits per heavy atom. The largest absolute Gasteiger partial charge is 0.379 e. The molecule has 2 unspecified atom stereocenters. The molecule has 2 atom stereocenters. The maximum Gasteiger partial charge on any atom is 0.234 e. The molecule has 3 N–H and O–H groups in total. The Morgan fingerprint density at radius 2 is 2.00 bits per heavy atom. The molecule has 3 aliphatic rings. The quantitative estimate of drug-likeness (QED) is 0.825. The highest BCUT2D eigenvalue weighted by Gasteiger charge is 2.47. The van der Waals surface area contributed by atoms with Crippen molar-refractivity contribution in [3.63, 3.8) is 0 Å². The Balaban J connectivity index is 1.39. The average Bonchev–Trinajstić information content (AvgIpc) is 3.37. The van der Waals surface area contributed by atoms with Gasteiger partial charge in [0.15, 0.2) is 0 Å². The van der Waals surface area contributed by atoms with Crippen LogP contribution in [0, 0.1) is 5.82 Å². The van der Waals surface area contributed by atoms with Crippen molar-refractivity contribution in [1.82, 2.24) is 10.2 Å². The standard InChI is InChI=1S/C21H30FN3O2/c22-17-5-3-16(4-6-17)20(7-1-2-8-20)14-24-19(26)13-25-12-18(23)11-21(25)9-10-27-15-21/h3-6,18H,1-2,7-15,23H2,(H,24,26). The SMILES string of the molecule is NC1CN(CC(=O)NCC2(c3ccc(F)cc3)CCCC2)C2(CCOC2)C1. The third kappa shape index (κ3) is 3.75. The number of rotatable bonds is 5. The van der Waals surface area contributed by atoms with Gasteiger partial charge in [-0.25, -0.2) is 4.39 Å². The molecule has 3 fully saturated rings. The van der Waals surface area contributed by atoms with Crippen molar-refractivity contribution in [3.05, 3.63) is 35.6 Å². The van der Waals surface area contributed by atoms with Crippen LogP contribution in [-0.4, -0.2) is 55.2 Å². The molecule has 1 saturated carbocycles. The van der Waals surface area contributed by atoms with Crippen LogP contribution in [0.3, 0.4) is 0 Å². The van der Waals surface area contributed by atoms with E-state index >= 15 is 0 Å². The van der Waals surface area contributed by atoms with Gasteiger partial charge in [-0.1, -0.05) is 25.0 Å². The summed E-state index contributed by atoms with van der Waals surface area (Å²) in [4.78, 5) is 15.0. The molecule has 1 aromatic rings. The normalized spacial score (nSPS) is 30.2. The molecule has 2 aliphatic heterocycles. The van der Waals surface area contributed by atoms with Crippen LogP contribution >= 0.6 is 0 Å². The van der Waals surface area contributed by atoms with Crippen LogP contribution < -0.4 is 11.1 Å². The van der Waals surface area contributed by atoms with E-state index in [1.54, 1.807) is 0 Å². The molecule has 0 radical (unpaired) electrons. The molecular formula is C21H30FN3O2. The van der Waals surface area contributed by atoms with Crippen LogP contribution in [0.5, 0.6) is 0 Å². The lowest BCUT2D eigenvalue weighted by Gasteiger charge is -2.34. The van der Waals surface area contributed by atoms with Crippen LogP contribution in [0.25, 0.3) is 0 Å². The van der Waals surface area contributed by atoms with Gasteiger partial charge in [0.1, 0.15) is 5.82 Å². The molecule has 1 aromatic carbocycles. The van der Waals surface area contributed by atoms with E-state index < -0.39 is 0 Å². The fourth-order valence-corrected chi connectivity index (χ4v) is 5.32. The van der Waals surface area contributed by atoms with Crippen molar-refractivity contribution in [2.24, 2.45) is 5.73 Å². The summed E-state index contributed by atoms with van der Waals surface area (Å²) in [6, 6.07) is 6.90. The molecule has 148 valence electrons. The second-order valence-electron chi connectivity index (χ2n) is 8.64. The number of carbonyl (C=O) groups excluding carboxylic acids is 1. The van der Waals surface area contributed by atoms with Gasteiger partial charge in [-0.2, -0.15) is 0 Å². The first kappa shape index (κ1) is 18.8. The summed E-state index contributed by atoms with van der Waals surface area (Å²) in [6.07, 6.45) is 6.22. The lowest BCUT2D eigenvalue weighted by atomic mass is 9.79. The topological polar surface area (TPSA) is 67.6 Å². The van der Waals surface area contributed by atoms with E-state index in [1.807, 2.05) is 12.1 Å². The van der Waals surface area contributed by atoms with E-state index in [1.165, 1.54) is 12.1 Å². The minimum atomic E-state index is -0.217. The summed E-state index contributed by atoms with van der Waals surface area (Å²) in [5, 5.41) is 3.17. The number of ether oxygens (including phenoxy) is 1. The highest BCUT2D eigenvalue weighted by molar-refractivity contribution is 5.78. The van der Waals surface area contributed by atoms with Gasteiger partial charge in [0, 0.05) is 36.7 Å². The van der Waals surface area contributed by atoms with Gasteiger partial charge in [-0.15, -0.1) is 0 Å². The molecule has 5 nitrogen and oxygen atoms in total. The lowest BCUT2D eigenvalue weighted by molar-refractivity contribution is -0.123. The number of carbonyl (C=O) groups is 1. The monoisotopic (exact) mass is 375 g/mol. The number of likely N-dealkylation sites (tertiary alicyclic amines) is 1. The van der Waals surface area contributed by atoms with Crippen molar-refractivity contribution in [3.8, 4) is 0 Å². The first-order chi connectivity index (χ1) is 13.0. The Labute approximate surface area is 160 Å². The molecule has 1 amide bonds. The summed E-state index contributed by atoms with van der Waals surface area (Å²) < 4.78 is 18.9. The number of amides is 1. The molecule has 27 heavy (non-hydrogen) atoms. The summed E-state index contributed by atoms with van der Waals surface area (Å²) in [7, 11) is 0. The van der Waals surface area contributed by atoms with Gasteiger partial charge in [0.2, 0.25) is 5.91 Å². The van der Waals surface area contributed by atoms with Gasteiger partial charge >= 0.3 is 0 Å². The molecule has 1 spiro atoms. The zero-order chi connectivity index (χ0) is 18.9. The zero-order valence-electron chi connectivity index (χ0n) is 15.9. The predicted molar refractivity (Wildman–Crippen MR) is 102 cm³/mol. The van der Waals surface area contributed by atoms with Crippen molar-refractivity contribution in [2.75, 3.05) is 32.8 Å². The lowest BCUT2D eigenvalue weighted by Crippen LogP contribution is -2.50. The summed E-state index contributed by atoms with van der Waals surface area (Å²) in [6.45, 7) is 3.16. The molecular weight excluding hydrogens is 345 g/mol. The third-order valence-electron chi connectivity index (χ3n) is 6.83. The van der Waals surface area contributed by atoms with E-state index in [-0.39, 0.29) is 28.7 Å². The number of nitrogens with one attached hydrogen (secondary N) is 1. The van der Waals surface area contributed by atoms with E-state index in [2.05, 4.69) is 10.2 Å². The van der Waals surface area contributed by atoms with Gasteiger partial charge in [0.05, 0.1) is 13.2 Å². The zero-order valence-corrected chi connectivity index (χ0v) is 15.9. The predicted octanol–water partition coefficient (Wildman–Crippen LogP) is 1.95. The van der Waals surface area contributed by atoms with Crippen molar-refractivity contribution in [1.29, 1.82) is 0 Å². The van der Waals surface area contributed by atoms with Crippen LogP contribution in [0.4, 0.5) is 4.39 Å². The van der Waals surface area contributed by atoms with Crippen molar-refractivity contribution < 1.29 is 13.9 Å². The number of nitrogens with two attached hydrogens (primary N) is 1. The second kappa shape index (κ2) is 7.49. The maximum absolute atomic E-state index is 13.3. The van der Waals surface area contributed by atoms with Gasteiger partial charge < -0.3 is 15.8 Å². The Hall–Kier alpha value is -1.50. The minimum absolute atomic E-state index is 0.0451. The maximum atomic E-state index is 13.3. The van der Waals surface area contributed by atoms with E-state index in [4.69, 9.17) is 10.5 Å². The van der Waals surface area contributed by atoms with Crippen LogP contribution in [0.2, 0.25) is 0 Å². The first-order valence-corrected chi connectivity index (χ1v) is 10.1. The molecule has 4 rings (SSSR count). The first-order valence-electron chi connectivity index (χ1n) is 10.1. The summed E-state index contributed by atoms with van der Waals surface area (Å²) in [5.74, 6) is -0.172. The second-order valence-corrected chi connectivity index (χ2v) is 8.64. The van der Waals surface area contributed by atoms with Crippen molar-refractivity contribution in [2.45, 2.75) is 55.5 Å². The Bertz CT molecular complexity index is 667. The number of hydrogen-bond donors (Lipinski definition) is 2. The average molecular weight is 375 g/mol. The third-order valence-corrected chi connectivity index (χ3v) is 6.83. The molecule has 2 heterocycles. The minimum Gasteiger partial charge on any atom is -0.379 e. The van der Waals surface area contributed by atoms with E-state index in [0.29, 0.717) is 19.7 Å². The summed E-state index contributed by atoms with van der Waals surface area (Å²) >= 11 is 0. The number of hydrogen-bond acceptors (Lipinski definition) is 4. The van der Waals surface area contributed by atoms with Gasteiger partial charge in [0.25, 0.3) is 0 Å². The number of benzene rings is 1. The van der Waals surface area contributed by atoms with Gasteiger partial charge in [-0.05, 0) is 43.4 Å². The smallest absolute Gasteiger partial charge is 0.234 e. The molecule has 0 bridgehead atoms.